The maximum absolute atomic E-state index is 11.9. The van der Waals surface area contributed by atoms with Gasteiger partial charge in [0.2, 0.25) is 0 Å². The van der Waals surface area contributed by atoms with Gasteiger partial charge in [-0.05, 0) is 46.3 Å². The summed E-state index contributed by atoms with van der Waals surface area (Å²) in [4.78, 5) is 11.9. The second-order valence-electron chi connectivity index (χ2n) is 3.84. The lowest BCUT2D eigenvalue weighted by molar-refractivity contribution is 0.262. The molecule has 0 heterocycles. The number of anilines is 2. The van der Waals surface area contributed by atoms with Crippen molar-refractivity contribution in [2.75, 3.05) is 10.6 Å². The normalized spacial score (nSPS) is 10.2. The van der Waals surface area contributed by atoms with Crippen LogP contribution in [-0.2, 0) is 0 Å². The Balaban J connectivity index is 2.11. The number of amides is 2. The van der Waals surface area contributed by atoms with Crippen LogP contribution in [-0.4, -0.2) is 6.03 Å². The summed E-state index contributed by atoms with van der Waals surface area (Å²) >= 11 is 21.0. The van der Waals surface area contributed by atoms with E-state index in [1.807, 2.05) is 0 Å². The number of rotatable bonds is 2. The maximum Gasteiger partial charge on any atom is 0.323 e. The molecule has 2 aromatic carbocycles. The molecule has 7 heteroatoms. The smallest absolute Gasteiger partial charge is 0.308 e. The number of carbonyl (C=O) groups excluding carboxylic acids is 1. The zero-order valence-corrected chi connectivity index (χ0v) is 13.7. The van der Waals surface area contributed by atoms with Gasteiger partial charge in [-0.15, -0.1) is 0 Å². The minimum Gasteiger partial charge on any atom is -0.308 e. The molecule has 0 aliphatic carbocycles. The zero-order chi connectivity index (χ0) is 14.7. The van der Waals surface area contributed by atoms with Crippen molar-refractivity contribution in [1.29, 1.82) is 0 Å². The third kappa shape index (κ3) is 4.03. The van der Waals surface area contributed by atoms with E-state index in [0.717, 1.165) is 0 Å². The van der Waals surface area contributed by atoms with Crippen LogP contribution in [0.15, 0.2) is 40.9 Å². The Morgan fingerprint density at radius 2 is 1.65 bits per heavy atom. The van der Waals surface area contributed by atoms with Crippen LogP contribution in [0.4, 0.5) is 16.2 Å². The van der Waals surface area contributed by atoms with Crippen molar-refractivity contribution in [1.82, 2.24) is 0 Å². The summed E-state index contributed by atoms with van der Waals surface area (Å²) in [5, 5.41) is 6.70. The number of carbonyl (C=O) groups is 1. The Kier molecular flexibility index (Phi) is 5.16. The first kappa shape index (κ1) is 15.4. The highest BCUT2D eigenvalue weighted by molar-refractivity contribution is 9.10. The molecule has 0 unspecified atom stereocenters. The lowest BCUT2D eigenvalue weighted by atomic mass is 10.3. The highest BCUT2D eigenvalue weighted by atomic mass is 79.9. The third-order valence-corrected chi connectivity index (χ3v) is 4.15. The van der Waals surface area contributed by atoms with Gasteiger partial charge in [0.1, 0.15) is 0 Å². The van der Waals surface area contributed by atoms with Gasteiger partial charge in [0.15, 0.2) is 0 Å². The van der Waals surface area contributed by atoms with Crippen molar-refractivity contribution >= 4 is 68.1 Å². The predicted octanol–water partition coefficient (Wildman–Crippen LogP) is 6.05. The van der Waals surface area contributed by atoms with E-state index in [9.17, 15) is 4.79 Å². The first-order chi connectivity index (χ1) is 9.45. The van der Waals surface area contributed by atoms with E-state index in [1.165, 1.54) is 0 Å². The molecule has 2 rings (SSSR count). The molecule has 2 N–H and O–H groups in total. The fourth-order valence-electron chi connectivity index (χ4n) is 1.51. The highest BCUT2D eigenvalue weighted by Gasteiger charge is 2.08. The van der Waals surface area contributed by atoms with E-state index in [-0.39, 0.29) is 0 Å². The van der Waals surface area contributed by atoms with Crippen LogP contribution in [0.3, 0.4) is 0 Å². The number of hydrogen-bond acceptors (Lipinski definition) is 1. The second-order valence-corrected chi connectivity index (χ2v) is 5.91. The van der Waals surface area contributed by atoms with Crippen molar-refractivity contribution in [2.45, 2.75) is 0 Å². The van der Waals surface area contributed by atoms with Crippen LogP contribution in [0.2, 0.25) is 15.1 Å². The van der Waals surface area contributed by atoms with Crippen molar-refractivity contribution in [3.63, 3.8) is 0 Å². The van der Waals surface area contributed by atoms with Gasteiger partial charge >= 0.3 is 6.03 Å². The predicted molar refractivity (Wildman–Crippen MR) is 88.3 cm³/mol. The van der Waals surface area contributed by atoms with Gasteiger partial charge < -0.3 is 10.6 Å². The Morgan fingerprint density at radius 1 is 1.00 bits per heavy atom. The molecule has 0 spiro atoms. The average molecular weight is 394 g/mol. The number of urea groups is 1. The monoisotopic (exact) mass is 392 g/mol. The number of nitrogens with one attached hydrogen (secondary N) is 2. The average Bonchev–Trinajstić information content (AvgIpc) is 2.33. The van der Waals surface area contributed by atoms with Crippen molar-refractivity contribution < 1.29 is 4.79 Å². The molecular formula is C13H8BrCl3N2O. The topological polar surface area (TPSA) is 41.1 Å². The Bertz CT molecular complexity index is 644. The van der Waals surface area contributed by atoms with E-state index >= 15 is 0 Å². The van der Waals surface area contributed by atoms with Gasteiger partial charge in [-0.1, -0.05) is 40.9 Å². The van der Waals surface area contributed by atoms with Gasteiger partial charge in [-0.3, -0.25) is 0 Å². The summed E-state index contributed by atoms with van der Waals surface area (Å²) in [6.07, 6.45) is 0. The zero-order valence-electron chi connectivity index (χ0n) is 9.88. The quantitative estimate of drug-likeness (QED) is 0.639. The van der Waals surface area contributed by atoms with Gasteiger partial charge in [0.25, 0.3) is 0 Å². The molecule has 0 bridgehead atoms. The molecule has 0 fully saturated rings. The third-order valence-electron chi connectivity index (χ3n) is 2.32. The van der Waals surface area contributed by atoms with Crippen LogP contribution in [0.25, 0.3) is 0 Å². The van der Waals surface area contributed by atoms with E-state index < -0.39 is 6.03 Å². The minimum absolute atomic E-state index is 0.425. The summed E-state index contributed by atoms with van der Waals surface area (Å²) in [5.74, 6) is 0. The van der Waals surface area contributed by atoms with Gasteiger partial charge in [-0.25, -0.2) is 4.79 Å². The van der Waals surface area contributed by atoms with Crippen molar-refractivity contribution in [2.24, 2.45) is 0 Å². The standard InChI is InChI=1S/C13H8BrCl3N2O/c14-12-10(17)2-1-3-11(12)19-13(20)18-9-5-7(15)4-8(16)6-9/h1-6H,(H2,18,19,20). The van der Waals surface area contributed by atoms with Gasteiger partial charge in [0, 0.05) is 15.7 Å². The largest absolute Gasteiger partial charge is 0.323 e. The molecule has 0 radical (unpaired) electrons. The molecule has 0 aromatic heterocycles. The number of halogens is 4. The molecule has 0 aliphatic heterocycles. The molecule has 2 aromatic rings. The Hall–Kier alpha value is -0.940. The lowest BCUT2D eigenvalue weighted by Crippen LogP contribution is -2.19. The van der Waals surface area contributed by atoms with E-state index in [2.05, 4.69) is 26.6 Å². The van der Waals surface area contributed by atoms with Crippen LogP contribution in [0, 0.1) is 0 Å². The van der Waals surface area contributed by atoms with E-state index in [0.29, 0.717) is 30.9 Å². The van der Waals surface area contributed by atoms with E-state index in [1.54, 1.807) is 36.4 Å². The van der Waals surface area contributed by atoms with E-state index in [4.69, 9.17) is 34.8 Å². The molecular weight excluding hydrogens is 386 g/mol. The molecule has 3 nitrogen and oxygen atoms in total. The van der Waals surface area contributed by atoms with Crippen LogP contribution >= 0.6 is 50.7 Å². The molecule has 20 heavy (non-hydrogen) atoms. The van der Waals surface area contributed by atoms with Crippen molar-refractivity contribution in [3.05, 3.63) is 55.9 Å². The summed E-state index contributed by atoms with van der Waals surface area (Å²) in [5.41, 5.74) is 1.06. The SMILES string of the molecule is O=C(Nc1cc(Cl)cc(Cl)c1)Nc1cccc(Cl)c1Br. The van der Waals surface area contributed by atoms with Crippen LogP contribution in [0.5, 0.6) is 0 Å². The molecule has 0 atom stereocenters. The summed E-state index contributed by atoms with van der Waals surface area (Å²) in [6, 6.07) is 9.52. The number of benzene rings is 2. The second kappa shape index (κ2) is 6.68. The molecule has 104 valence electrons. The first-order valence-corrected chi connectivity index (χ1v) is 7.36. The van der Waals surface area contributed by atoms with Crippen LogP contribution < -0.4 is 10.6 Å². The molecule has 0 saturated carbocycles. The number of hydrogen-bond donors (Lipinski definition) is 2. The minimum atomic E-state index is -0.425. The first-order valence-electron chi connectivity index (χ1n) is 5.44. The highest BCUT2D eigenvalue weighted by Crippen LogP contribution is 2.30. The maximum atomic E-state index is 11.9. The fourth-order valence-corrected chi connectivity index (χ4v) is 2.58. The summed E-state index contributed by atoms with van der Waals surface area (Å²) in [7, 11) is 0. The fraction of sp³-hybridized carbons (Fsp3) is 0. The van der Waals surface area contributed by atoms with Gasteiger partial charge in [-0.2, -0.15) is 0 Å². The van der Waals surface area contributed by atoms with Crippen LogP contribution in [0.1, 0.15) is 0 Å². The lowest BCUT2D eigenvalue weighted by Gasteiger charge is -2.10. The van der Waals surface area contributed by atoms with Gasteiger partial charge in [0.05, 0.1) is 15.2 Å². The Morgan fingerprint density at radius 3 is 2.30 bits per heavy atom. The Labute approximate surface area is 139 Å². The summed E-state index contributed by atoms with van der Waals surface area (Å²) < 4.78 is 0.612. The van der Waals surface area contributed by atoms with Crippen molar-refractivity contribution in [3.8, 4) is 0 Å². The molecule has 0 aliphatic rings. The summed E-state index contributed by atoms with van der Waals surface area (Å²) in [6.45, 7) is 0. The molecule has 0 saturated heterocycles. The molecule has 2 amide bonds.